The Labute approximate surface area is 108 Å². The van der Waals surface area contributed by atoms with Crippen molar-refractivity contribution in [2.45, 2.75) is 38.7 Å². The highest BCUT2D eigenvalue weighted by molar-refractivity contribution is 6.30. The van der Waals surface area contributed by atoms with E-state index in [0.717, 1.165) is 17.9 Å². The van der Waals surface area contributed by atoms with E-state index in [-0.39, 0.29) is 6.10 Å². The lowest BCUT2D eigenvalue weighted by Gasteiger charge is -2.25. The maximum atomic E-state index is 9.37. The zero-order chi connectivity index (χ0) is 12.3. The quantitative estimate of drug-likeness (QED) is 0.872. The summed E-state index contributed by atoms with van der Waals surface area (Å²) in [6.07, 6.45) is 4.15. The van der Waals surface area contributed by atoms with Gasteiger partial charge in [-0.05, 0) is 55.9 Å². The first-order valence-corrected chi connectivity index (χ1v) is 6.61. The molecule has 0 aromatic heterocycles. The molecule has 1 atom stereocenters. The predicted octanol–water partition coefficient (Wildman–Crippen LogP) is 3.44. The fraction of sp³-hybridized carbons (Fsp3) is 0.571. The maximum absolute atomic E-state index is 9.37. The molecule has 0 saturated heterocycles. The molecule has 2 nitrogen and oxygen atoms in total. The molecule has 1 aliphatic carbocycles. The van der Waals surface area contributed by atoms with Crippen LogP contribution in [-0.2, 0) is 6.42 Å². The minimum Gasteiger partial charge on any atom is -0.493 e. The Morgan fingerprint density at radius 2 is 2.18 bits per heavy atom. The fourth-order valence-electron chi connectivity index (χ4n) is 2.04. The number of hydrogen-bond donors (Lipinski definition) is 1. The standard InChI is InChI=1S/C14H19ClO2/c1-10(16)5-12-6-13(15)8-14(7-12)17-9-11-3-2-4-11/h6-8,10-11,16H,2-5,9H2,1H3. The molecule has 1 unspecified atom stereocenters. The first-order chi connectivity index (χ1) is 8.13. The van der Waals surface area contributed by atoms with E-state index >= 15 is 0 Å². The van der Waals surface area contributed by atoms with E-state index in [4.69, 9.17) is 16.3 Å². The summed E-state index contributed by atoms with van der Waals surface area (Å²) in [4.78, 5) is 0. The van der Waals surface area contributed by atoms with Crippen molar-refractivity contribution in [1.82, 2.24) is 0 Å². The van der Waals surface area contributed by atoms with Crippen LogP contribution in [0, 0.1) is 5.92 Å². The van der Waals surface area contributed by atoms with Crippen molar-refractivity contribution in [1.29, 1.82) is 0 Å². The largest absolute Gasteiger partial charge is 0.493 e. The van der Waals surface area contributed by atoms with Gasteiger partial charge in [-0.2, -0.15) is 0 Å². The lowest BCUT2D eigenvalue weighted by molar-refractivity contribution is 0.180. The Morgan fingerprint density at radius 3 is 2.76 bits per heavy atom. The molecule has 94 valence electrons. The van der Waals surface area contributed by atoms with Gasteiger partial charge in [-0.15, -0.1) is 0 Å². The lowest BCUT2D eigenvalue weighted by atomic mass is 9.86. The Morgan fingerprint density at radius 1 is 1.41 bits per heavy atom. The van der Waals surface area contributed by atoms with Gasteiger partial charge in [0.15, 0.2) is 0 Å². The van der Waals surface area contributed by atoms with Gasteiger partial charge in [0, 0.05) is 5.02 Å². The molecule has 3 heteroatoms. The van der Waals surface area contributed by atoms with Crippen LogP contribution in [0.15, 0.2) is 18.2 Å². The third kappa shape index (κ3) is 3.90. The molecule has 1 saturated carbocycles. The fourth-order valence-corrected chi connectivity index (χ4v) is 2.28. The molecule has 0 bridgehead atoms. The van der Waals surface area contributed by atoms with Gasteiger partial charge in [0.25, 0.3) is 0 Å². The van der Waals surface area contributed by atoms with Gasteiger partial charge in [0.05, 0.1) is 12.7 Å². The van der Waals surface area contributed by atoms with Crippen LogP contribution in [0.25, 0.3) is 0 Å². The average molecular weight is 255 g/mol. The maximum Gasteiger partial charge on any atom is 0.121 e. The van der Waals surface area contributed by atoms with Crippen molar-refractivity contribution in [3.05, 3.63) is 28.8 Å². The third-order valence-corrected chi connectivity index (χ3v) is 3.39. The zero-order valence-corrected chi connectivity index (χ0v) is 10.9. The summed E-state index contributed by atoms with van der Waals surface area (Å²) in [5.41, 5.74) is 1.02. The van der Waals surface area contributed by atoms with Crippen LogP contribution in [0.1, 0.15) is 31.7 Å². The number of ether oxygens (including phenoxy) is 1. The van der Waals surface area contributed by atoms with Crippen LogP contribution in [0.4, 0.5) is 0 Å². The SMILES string of the molecule is CC(O)Cc1cc(Cl)cc(OCC2CCC2)c1. The van der Waals surface area contributed by atoms with E-state index in [2.05, 4.69) is 0 Å². The molecule has 0 spiro atoms. The summed E-state index contributed by atoms with van der Waals surface area (Å²) >= 11 is 6.03. The second-order valence-electron chi connectivity index (χ2n) is 4.96. The lowest BCUT2D eigenvalue weighted by Crippen LogP contribution is -2.19. The Bertz CT molecular complexity index is 372. The van der Waals surface area contributed by atoms with Crippen molar-refractivity contribution < 1.29 is 9.84 Å². The van der Waals surface area contributed by atoms with E-state index < -0.39 is 0 Å². The van der Waals surface area contributed by atoms with E-state index in [0.29, 0.717) is 17.4 Å². The smallest absolute Gasteiger partial charge is 0.121 e. The molecule has 1 fully saturated rings. The van der Waals surface area contributed by atoms with Crippen LogP contribution in [0.5, 0.6) is 5.75 Å². The van der Waals surface area contributed by atoms with Crippen molar-refractivity contribution in [2.24, 2.45) is 5.92 Å². The molecule has 0 radical (unpaired) electrons. The number of hydrogen-bond acceptors (Lipinski definition) is 2. The van der Waals surface area contributed by atoms with Gasteiger partial charge in [0.2, 0.25) is 0 Å². The monoisotopic (exact) mass is 254 g/mol. The number of rotatable bonds is 5. The Kier molecular flexibility index (Phi) is 4.30. The molecule has 17 heavy (non-hydrogen) atoms. The van der Waals surface area contributed by atoms with Gasteiger partial charge in [-0.1, -0.05) is 18.0 Å². The van der Waals surface area contributed by atoms with E-state index in [1.807, 2.05) is 18.2 Å². The zero-order valence-electron chi connectivity index (χ0n) is 10.2. The second-order valence-corrected chi connectivity index (χ2v) is 5.39. The number of halogens is 1. The summed E-state index contributed by atoms with van der Waals surface area (Å²) in [6.45, 7) is 2.56. The van der Waals surface area contributed by atoms with Crippen LogP contribution >= 0.6 is 11.6 Å². The third-order valence-electron chi connectivity index (χ3n) is 3.17. The normalized spacial score (nSPS) is 17.6. The topological polar surface area (TPSA) is 29.5 Å². The van der Waals surface area contributed by atoms with Crippen molar-refractivity contribution in [2.75, 3.05) is 6.61 Å². The van der Waals surface area contributed by atoms with Crippen LogP contribution in [-0.4, -0.2) is 17.8 Å². The van der Waals surface area contributed by atoms with E-state index in [9.17, 15) is 5.11 Å². The first-order valence-electron chi connectivity index (χ1n) is 6.24. The van der Waals surface area contributed by atoms with Crippen molar-refractivity contribution >= 4 is 11.6 Å². The molecule has 0 amide bonds. The highest BCUT2D eigenvalue weighted by Crippen LogP contribution is 2.28. The molecule has 2 rings (SSSR count). The van der Waals surface area contributed by atoms with Gasteiger partial charge in [-0.3, -0.25) is 0 Å². The Hall–Kier alpha value is -0.730. The average Bonchev–Trinajstić information content (AvgIpc) is 2.12. The number of aliphatic hydroxyl groups is 1. The highest BCUT2D eigenvalue weighted by atomic mass is 35.5. The van der Waals surface area contributed by atoms with Gasteiger partial charge in [0.1, 0.15) is 5.75 Å². The minimum absolute atomic E-state index is 0.354. The minimum atomic E-state index is -0.354. The highest BCUT2D eigenvalue weighted by Gasteiger charge is 2.18. The van der Waals surface area contributed by atoms with Crippen LogP contribution < -0.4 is 4.74 Å². The van der Waals surface area contributed by atoms with Gasteiger partial charge < -0.3 is 9.84 Å². The Balaban J connectivity index is 1.97. The predicted molar refractivity (Wildman–Crippen MR) is 69.7 cm³/mol. The van der Waals surface area contributed by atoms with Crippen LogP contribution in [0.3, 0.4) is 0 Å². The van der Waals surface area contributed by atoms with Crippen molar-refractivity contribution in [3.8, 4) is 5.75 Å². The summed E-state index contributed by atoms with van der Waals surface area (Å²) in [5.74, 6) is 1.54. The number of aliphatic hydroxyl groups excluding tert-OH is 1. The summed E-state index contributed by atoms with van der Waals surface area (Å²) < 4.78 is 5.75. The van der Waals surface area contributed by atoms with Crippen LogP contribution in [0.2, 0.25) is 5.02 Å². The van der Waals surface area contributed by atoms with Gasteiger partial charge >= 0.3 is 0 Å². The molecular weight excluding hydrogens is 236 g/mol. The van der Waals surface area contributed by atoms with E-state index in [1.165, 1.54) is 19.3 Å². The molecule has 1 aliphatic rings. The van der Waals surface area contributed by atoms with Gasteiger partial charge in [-0.25, -0.2) is 0 Å². The molecule has 1 aromatic carbocycles. The summed E-state index contributed by atoms with van der Waals surface area (Å²) in [7, 11) is 0. The molecular formula is C14H19ClO2. The second kappa shape index (κ2) is 5.74. The number of benzene rings is 1. The molecule has 1 aromatic rings. The molecule has 0 heterocycles. The summed E-state index contributed by atoms with van der Waals surface area (Å²) in [5, 5.41) is 10.0. The van der Waals surface area contributed by atoms with E-state index in [1.54, 1.807) is 6.92 Å². The van der Waals surface area contributed by atoms with Crippen molar-refractivity contribution in [3.63, 3.8) is 0 Å². The molecule has 0 aliphatic heterocycles. The molecule has 1 N–H and O–H groups in total. The first kappa shape index (κ1) is 12.7. The summed E-state index contributed by atoms with van der Waals surface area (Å²) in [6, 6.07) is 5.69.